The third kappa shape index (κ3) is 6.85. The molecule has 0 aliphatic rings. The summed E-state index contributed by atoms with van der Waals surface area (Å²) in [6.45, 7) is 9.52. The molecular weight excluding hydrogens is 279 g/mol. The van der Waals surface area contributed by atoms with Gasteiger partial charge in [0.15, 0.2) is 0 Å². The minimum Gasteiger partial charge on any atom is -0.406 e. The lowest BCUT2D eigenvalue weighted by molar-refractivity contribution is -0.274. The summed E-state index contributed by atoms with van der Waals surface area (Å²) in [5, 5.41) is 3.46. The second kappa shape index (κ2) is 7.16. The van der Waals surface area contributed by atoms with E-state index in [1.54, 1.807) is 12.1 Å². The number of hydrogen-bond donors (Lipinski definition) is 1. The quantitative estimate of drug-likeness (QED) is 0.833. The van der Waals surface area contributed by atoms with Gasteiger partial charge in [0.1, 0.15) is 5.75 Å². The van der Waals surface area contributed by atoms with Crippen LogP contribution in [0.3, 0.4) is 0 Å². The normalized spacial score (nSPS) is 14.0. The number of benzene rings is 1. The predicted molar refractivity (Wildman–Crippen MR) is 78.4 cm³/mol. The molecule has 0 fully saturated rings. The fourth-order valence-electron chi connectivity index (χ4n) is 2.26. The van der Waals surface area contributed by atoms with Crippen LogP contribution in [-0.4, -0.2) is 18.9 Å². The summed E-state index contributed by atoms with van der Waals surface area (Å²) in [5.41, 5.74) is 1.16. The van der Waals surface area contributed by atoms with Gasteiger partial charge in [0.2, 0.25) is 0 Å². The summed E-state index contributed by atoms with van der Waals surface area (Å²) in [4.78, 5) is 0. The van der Waals surface area contributed by atoms with E-state index >= 15 is 0 Å². The van der Waals surface area contributed by atoms with Crippen molar-refractivity contribution in [3.05, 3.63) is 29.8 Å². The molecule has 0 aliphatic heterocycles. The minimum atomic E-state index is -4.64. The van der Waals surface area contributed by atoms with Gasteiger partial charge in [0, 0.05) is 6.04 Å². The Morgan fingerprint density at radius 1 is 1.10 bits per heavy atom. The van der Waals surface area contributed by atoms with Gasteiger partial charge in [0.05, 0.1) is 0 Å². The minimum absolute atomic E-state index is 0.148. The number of alkyl halides is 3. The van der Waals surface area contributed by atoms with Crippen molar-refractivity contribution in [1.82, 2.24) is 5.32 Å². The SMILES string of the molecule is CCNC(CCc1ccc(OC(F)(F)F)cc1)C(C)(C)C. The van der Waals surface area contributed by atoms with Gasteiger partial charge < -0.3 is 10.1 Å². The van der Waals surface area contributed by atoms with Crippen molar-refractivity contribution in [3.8, 4) is 5.75 Å². The highest BCUT2D eigenvalue weighted by molar-refractivity contribution is 5.27. The van der Waals surface area contributed by atoms with Gasteiger partial charge in [-0.1, -0.05) is 39.8 Å². The average molecular weight is 303 g/mol. The highest BCUT2D eigenvalue weighted by Gasteiger charge is 2.31. The van der Waals surface area contributed by atoms with E-state index in [4.69, 9.17) is 0 Å². The van der Waals surface area contributed by atoms with E-state index in [1.165, 1.54) is 12.1 Å². The molecule has 1 rings (SSSR count). The molecule has 0 bridgehead atoms. The Labute approximate surface area is 124 Å². The zero-order valence-electron chi connectivity index (χ0n) is 13.1. The van der Waals surface area contributed by atoms with Crippen molar-refractivity contribution in [1.29, 1.82) is 0 Å². The molecule has 0 saturated carbocycles. The number of aryl methyl sites for hydroxylation is 1. The lowest BCUT2D eigenvalue weighted by Gasteiger charge is -2.31. The molecule has 1 aromatic carbocycles. The van der Waals surface area contributed by atoms with E-state index in [2.05, 4.69) is 37.7 Å². The predicted octanol–water partition coefficient (Wildman–Crippen LogP) is 4.54. The maximum atomic E-state index is 12.1. The Bertz CT molecular complexity index is 421. The Hall–Kier alpha value is -1.23. The fraction of sp³-hybridized carbons (Fsp3) is 0.625. The number of rotatable bonds is 6. The van der Waals surface area contributed by atoms with Crippen LogP contribution in [0.1, 0.15) is 39.7 Å². The summed E-state index contributed by atoms with van der Waals surface area (Å²) in [5.74, 6) is -0.176. The summed E-state index contributed by atoms with van der Waals surface area (Å²) in [6, 6.07) is 6.47. The number of halogens is 3. The van der Waals surface area contributed by atoms with E-state index in [-0.39, 0.29) is 11.2 Å². The van der Waals surface area contributed by atoms with Crippen LogP contribution < -0.4 is 10.1 Å². The summed E-state index contributed by atoms with van der Waals surface area (Å²) >= 11 is 0. The summed E-state index contributed by atoms with van der Waals surface area (Å²) in [6.07, 6.45) is -2.87. The molecule has 0 heterocycles. The third-order valence-electron chi connectivity index (χ3n) is 3.37. The number of nitrogens with one attached hydrogen (secondary N) is 1. The lowest BCUT2D eigenvalue weighted by Crippen LogP contribution is -2.40. The van der Waals surface area contributed by atoms with Gasteiger partial charge >= 0.3 is 6.36 Å². The molecular formula is C16H24F3NO. The first-order valence-electron chi connectivity index (χ1n) is 7.20. The maximum Gasteiger partial charge on any atom is 0.573 e. The van der Waals surface area contributed by atoms with Gasteiger partial charge in [0.25, 0.3) is 0 Å². The third-order valence-corrected chi connectivity index (χ3v) is 3.37. The monoisotopic (exact) mass is 303 g/mol. The molecule has 0 saturated heterocycles. The Morgan fingerprint density at radius 3 is 2.10 bits per heavy atom. The van der Waals surface area contributed by atoms with Crippen LogP contribution in [0, 0.1) is 5.41 Å². The van der Waals surface area contributed by atoms with Crippen molar-refractivity contribution in [3.63, 3.8) is 0 Å². The van der Waals surface area contributed by atoms with E-state index in [0.29, 0.717) is 6.04 Å². The molecule has 1 unspecified atom stereocenters. The zero-order chi connectivity index (χ0) is 16.1. The molecule has 0 aromatic heterocycles. The molecule has 1 atom stereocenters. The second-order valence-corrected chi connectivity index (χ2v) is 6.21. The second-order valence-electron chi connectivity index (χ2n) is 6.21. The van der Waals surface area contributed by atoms with E-state index in [0.717, 1.165) is 24.9 Å². The van der Waals surface area contributed by atoms with Crippen molar-refractivity contribution < 1.29 is 17.9 Å². The molecule has 2 nitrogen and oxygen atoms in total. The molecule has 0 aliphatic carbocycles. The molecule has 21 heavy (non-hydrogen) atoms. The fourth-order valence-corrected chi connectivity index (χ4v) is 2.26. The summed E-state index contributed by atoms with van der Waals surface area (Å²) < 4.78 is 40.1. The van der Waals surface area contributed by atoms with E-state index in [9.17, 15) is 13.2 Å². The maximum absolute atomic E-state index is 12.1. The van der Waals surface area contributed by atoms with Crippen LogP contribution in [0.25, 0.3) is 0 Å². The van der Waals surface area contributed by atoms with E-state index in [1.807, 2.05) is 0 Å². The molecule has 1 N–H and O–H groups in total. The van der Waals surface area contributed by atoms with Gasteiger partial charge in [-0.05, 0) is 42.5 Å². The Morgan fingerprint density at radius 2 is 1.67 bits per heavy atom. The van der Waals surface area contributed by atoms with Gasteiger partial charge in [-0.25, -0.2) is 0 Å². The number of ether oxygens (including phenoxy) is 1. The van der Waals surface area contributed by atoms with Crippen LogP contribution in [0.15, 0.2) is 24.3 Å². The van der Waals surface area contributed by atoms with E-state index < -0.39 is 6.36 Å². The van der Waals surface area contributed by atoms with Crippen LogP contribution in [0.5, 0.6) is 5.75 Å². The topological polar surface area (TPSA) is 21.3 Å². The first-order chi connectivity index (χ1) is 9.62. The van der Waals surface area contributed by atoms with Crippen LogP contribution in [0.2, 0.25) is 0 Å². The Balaban J connectivity index is 2.59. The van der Waals surface area contributed by atoms with Crippen molar-refractivity contribution in [2.75, 3.05) is 6.54 Å². The molecule has 0 amide bonds. The summed E-state index contributed by atoms with van der Waals surface area (Å²) in [7, 11) is 0. The Kier molecular flexibility index (Phi) is 6.08. The molecule has 0 radical (unpaired) electrons. The van der Waals surface area contributed by atoms with Gasteiger partial charge in [-0.3, -0.25) is 0 Å². The van der Waals surface area contributed by atoms with Crippen LogP contribution >= 0.6 is 0 Å². The first-order valence-corrected chi connectivity index (χ1v) is 7.20. The largest absolute Gasteiger partial charge is 0.573 e. The lowest BCUT2D eigenvalue weighted by atomic mass is 9.83. The van der Waals surface area contributed by atoms with Crippen molar-refractivity contribution in [2.45, 2.75) is 52.9 Å². The highest BCUT2D eigenvalue weighted by Crippen LogP contribution is 2.25. The highest BCUT2D eigenvalue weighted by atomic mass is 19.4. The zero-order valence-corrected chi connectivity index (χ0v) is 13.1. The van der Waals surface area contributed by atoms with Crippen LogP contribution in [-0.2, 0) is 6.42 Å². The average Bonchev–Trinajstić information content (AvgIpc) is 2.33. The number of hydrogen-bond acceptors (Lipinski definition) is 2. The molecule has 1 aromatic rings. The van der Waals surface area contributed by atoms with Gasteiger partial charge in [-0.15, -0.1) is 13.2 Å². The molecule has 0 spiro atoms. The first kappa shape index (κ1) is 17.8. The molecule has 120 valence electrons. The van der Waals surface area contributed by atoms with Gasteiger partial charge in [-0.2, -0.15) is 0 Å². The van der Waals surface area contributed by atoms with Crippen LogP contribution in [0.4, 0.5) is 13.2 Å². The van der Waals surface area contributed by atoms with Crippen molar-refractivity contribution in [2.24, 2.45) is 5.41 Å². The smallest absolute Gasteiger partial charge is 0.406 e. The molecule has 5 heteroatoms. The standard InChI is InChI=1S/C16H24F3NO/c1-5-20-14(15(2,3)4)11-8-12-6-9-13(10-7-12)21-16(17,18)19/h6-7,9-10,14,20H,5,8,11H2,1-4H3. The van der Waals surface area contributed by atoms with Crippen molar-refractivity contribution >= 4 is 0 Å².